The fourth-order valence-electron chi connectivity index (χ4n) is 12.9. The van der Waals surface area contributed by atoms with Gasteiger partial charge in [0.1, 0.15) is 5.75 Å². The molecule has 0 radical (unpaired) electrons. The van der Waals surface area contributed by atoms with E-state index in [2.05, 4.69) is 29.4 Å². The average molecular weight is 1100 g/mol. The molecular formula is C64H90N2O13. The lowest BCUT2D eigenvalue weighted by atomic mass is 9.64. The number of unbranched alkanes of at least 4 members (excludes halogenated alkanes) is 1. The van der Waals surface area contributed by atoms with E-state index in [9.17, 15) is 65.8 Å². The Morgan fingerprint density at radius 1 is 0.886 bits per heavy atom. The number of carbonyl (C=O) groups is 2. The van der Waals surface area contributed by atoms with Gasteiger partial charge in [0, 0.05) is 49.1 Å². The van der Waals surface area contributed by atoms with Gasteiger partial charge in [-0.15, -0.1) is 0 Å². The van der Waals surface area contributed by atoms with Gasteiger partial charge in [-0.25, -0.2) is 0 Å². The maximum Gasteiger partial charge on any atom is 0.303 e. The molecular weight excluding hydrogens is 1000 g/mol. The SMILES string of the molecule is CCCC[C@H](O)[C@H](O)/C=C/C1=C(\C[C@H](O)CO)[C@@H]2CC[C@@H](O)[C@@H]3N[C@H](C)CC[C@@H]([C@H]3CC(=O)O)[C@H](O)Cc3ccc(cc3CCC(=O)O)C[C@]([C@@](C)(O)[C@H](CCCO)c3ccc(O)cc3)(CC#Cc3c(CC)cccc3CC1)N2. The molecule has 4 aliphatic heterocycles. The third-order valence-corrected chi connectivity index (χ3v) is 17.5. The van der Waals surface area contributed by atoms with E-state index in [1.807, 2.05) is 50.2 Å². The minimum absolute atomic E-state index is 0.0144. The zero-order chi connectivity index (χ0) is 57.4. The van der Waals surface area contributed by atoms with Crippen LogP contribution in [0.5, 0.6) is 5.75 Å². The Morgan fingerprint density at radius 2 is 1.65 bits per heavy atom. The second kappa shape index (κ2) is 29.7. The number of fused-ring (bicyclic) bond motifs is 6. The van der Waals surface area contributed by atoms with Crippen molar-refractivity contribution >= 4 is 11.9 Å². The van der Waals surface area contributed by atoms with Crippen LogP contribution in [0.15, 0.2) is 84.0 Å². The van der Waals surface area contributed by atoms with Gasteiger partial charge in [-0.05, 0) is 172 Å². The van der Waals surface area contributed by atoms with Gasteiger partial charge >= 0.3 is 11.9 Å². The average Bonchev–Trinajstić information content (AvgIpc) is 3.61. The second-order valence-electron chi connectivity index (χ2n) is 23.1. The number of phenolic OH excluding ortho intramolecular Hbond substituents is 1. The lowest BCUT2D eigenvalue weighted by Crippen LogP contribution is -2.67. The van der Waals surface area contributed by atoms with Crippen molar-refractivity contribution < 1.29 is 65.8 Å². The number of phenols is 1. The van der Waals surface area contributed by atoms with Crippen LogP contribution in [0.3, 0.4) is 0 Å². The summed E-state index contributed by atoms with van der Waals surface area (Å²) in [5, 5.41) is 134. The molecule has 4 heterocycles. The number of carboxylic acid groups (broad SMARTS) is 2. The normalized spacial score (nSPS) is 27.4. The van der Waals surface area contributed by atoms with Crippen LogP contribution in [-0.4, -0.2) is 141 Å². The molecule has 0 aromatic heterocycles. The lowest BCUT2D eigenvalue weighted by Gasteiger charge is -2.52. The third-order valence-electron chi connectivity index (χ3n) is 17.5. The van der Waals surface area contributed by atoms with Gasteiger partial charge in [0.25, 0.3) is 0 Å². The van der Waals surface area contributed by atoms with Gasteiger partial charge in [0.05, 0.1) is 54.7 Å². The lowest BCUT2D eigenvalue weighted by molar-refractivity contribution is -0.140. The van der Waals surface area contributed by atoms with Crippen LogP contribution in [-0.2, 0) is 41.7 Å². The Kier molecular flexibility index (Phi) is 23.7. The van der Waals surface area contributed by atoms with E-state index < -0.39 is 90.0 Å². The molecule has 15 heteroatoms. The predicted octanol–water partition coefficient (Wildman–Crippen LogP) is 6.32. The molecule has 13 N–H and O–H groups in total. The van der Waals surface area contributed by atoms with Gasteiger partial charge in [-0.1, -0.05) is 99.2 Å². The van der Waals surface area contributed by atoms with Crippen molar-refractivity contribution in [3.05, 3.63) is 123 Å². The van der Waals surface area contributed by atoms with Crippen LogP contribution in [0.4, 0.5) is 0 Å². The first kappa shape index (κ1) is 63.2. The van der Waals surface area contributed by atoms with Crippen LogP contribution in [0.25, 0.3) is 0 Å². The van der Waals surface area contributed by atoms with E-state index >= 15 is 0 Å². The first-order valence-electron chi connectivity index (χ1n) is 29.0. The molecule has 4 aliphatic rings. The van der Waals surface area contributed by atoms with E-state index in [1.165, 1.54) is 0 Å². The number of nitrogens with one attached hydrogen (secondary N) is 2. The fourth-order valence-corrected chi connectivity index (χ4v) is 12.9. The molecule has 15 nitrogen and oxygen atoms in total. The summed E-state index contributed by atoms with van der Waals surface area (Å²) < 4.78 is 0. The number of aliphatic hydroxyl groups excluding tert-OH is 7. The Hall–Kier alpha value is -4.96. The predicted molar refractivity (Wildman–Crippen MR) is 304 cm³/mol. The maximum atomic E-state index is 14.2. The first-order chi connectivity index (χ1) is 37.7. The Labute approximate surface area is 467 Å². The summed E-state index contributed by atoms with van der Waals surface area (Å²) in [4.78, 5) is 25.2. The highest BCUT2D eigenvalue weighted by Crippen LogP contribution is 2.46. The number of benzene rings is 3. The largest absolute Gasteiger partial charge is 0.508 e. The molecule has 1 saturated heterocycles. The maximum absolute atomic E-state index is 14.2. The number of aliphatic carboxylic acids is 2. The minimum Gasteiger partial charge on any atom is -0.508 e. The zero-order valence-electron chi connectivity index (χ0n) is 46.9. The van der Waals surface area contributed by atoms with Crippen molar-refractivity contribution in [1.29, 1.82) is 0 Å². The van der Waals surface area contributed by atoms with E-state index in [4.69, 9.17) is 0 Å². The standard InChI is InChI=1S/C64H90N2O13/c1-5-7-15-56(71)57(72)29-23-44-20-19-43-12-8-11-42(6-2)50(43)13-9-32-64(63(4,79)54(14-10-33-67)45-21-25-48(69)26-22-45)38-41-17-18-47(46(34-41)24-31-60(75)76)35-59(74)51-27-16-40(3)65-62(53(51)37-61(77)78)58(73)30-28-55(66-64)52(44)36-49(70)39-68/h8,11-12,17-18,21-23,25-26,29,34,40,49,51,53-59,62,65-74,79H,5-7,10,14-16,19-20,24,27-28,30-33,35-39H2,1-4H3,(H,75,76)(H,77,78)/b29-23+,52-44+/t40-,49+,51+,53-,54-,55+,56+,57-,58-,59-,62-,63+,64+/m1/s1. The van der Waals surface area contributed by atoms with Crippen molar-refractivity contribution in [3.8, 4) is 17.6 Å². The molecule has 0 saturated carbocycles. The fraction of sp³-hybridized carbons (Fsp3) is 0.594. The smallest absolute Gasteiger partial charge is 0.303 e. The van der Waals surface area contributed by atoms with E-state index in [-0.39, 0.29) is 89.0 Å². The molecule has 0 unspecified atom stereocenters. The highest BCUT2D eigenvalue weighted by atomic mass is 16.4. The number of carboxylic acids is 2. The molecule has 0 spiro atoms. The molecule has 434 valence electrons. The number of aromatic hydroxyl groups is 1. The van der Waals surface area contributed by atoms with E-state index in [1.54, 1.807) is 43.3 Å². The van der Waals surface area contributed by atoms with Crippen molar-refractivity contribution in [3.63, 3.8) is 0 Å². The molecule has 3 aromatic carbocycles. The number of aryl methyl sites for hydroxylation is 3. The third kappa shape index (κ3) is 16.6. The summed E-state index contributed by atoms with van der Waals surface area (Å²) in [6, 6.07) is 16.4. The van der Waals surface area contributed by atoms with Gasteiger partial charge in [0.2, 0.25) is 0 Å². The van der Waals surface area contributed by atoms with Crippen LogP contribution in [0, 0.1) is 23.7 Å². The molecule has 0 amide bonds. The topological polar surface area (TPSA) is 281 Å². The quantitative estimate of drug-likeness (QED) is 0.0520. The van der Waals surface area contributed by atoms with Crippen LogP contribution in [0.2, 0.25) is 0 Å². The molecule has 6 bridgehead atoms. The first-order valence-corrected chi connectivity index (χ1v) is 29.0. The second-order valence-corrected chi connectivity index (χ2v) is 23.1. The highest BCUT2D eigenvalue weighted by molar-refractivity contribution is 5.67. The Balaban J connectivity index is 1.77. The van der Waals surface area contributed by atoms with Gasteiger partial charge in [-0.2, -0.15) is 0 Å². The molecule has 7 rings (SSSR count). The molecule has 0 aliphatic carbocycles. The summed E-state index contributed by atoms with van der Waals surface area (Å²) in [6.45, 7) is 6.95. The summed E-state index contributed by atoms with van der Waals surface area (Å²) in [7, 11) is 0. The van der Waals surface area contributed by atoms with Crippen molar-refractivity contribution in [1.82, 2.24) is 10.6 Å². The summed E-state index contributed by atoms with van der Waals surface area (Å²) in [5.74, 6) is 2.94. The Morgan fingerprint density at radius 3 is 2.33 bits per heavy atom. The van der Waals surface area contributed by atoms with Crippen LogP contribution in [0.1, 0.15) is 162 Å². The van der Waals surface area contributed by atoms with Gasteiger partial charge in [-0.3, -0.25) is 9.59 Å². The van der Waals surface area contributed by atoms with Crippen molar-refractivity contribution in [2.24, 2.45) is 11.8 Å². The summed E-state index contributed by atoms with van der Waals surface area (Å²) >= 11 is 0. The highest BCUT2D eigenvalue weighted by Gasteiger charge is 2.53. The molecule has 1 fully saturated rings. The molecule has 3 aromatic rings. The number of hydrogen-bond donors (Lipinski definition) is 13. The minimum atomic E-state index is -1.85. The summed E-state index contributed by atoms with van der Waals surface area (Å²) in [6.07, 6.45) is 1.96. The summed E-state index contributed by atoms with van der Waals surface area (Å²) in [5.41, 5.74) is 3.31. The Bertz CT molecular complexity index is 2590. The monoisotopic (exact) mass is 1090 g/mol. The molecule has 13 atom stereocenters. The molecule has 79 heavy (non-hydrogen) atoms. The number of rotatable bonds is 21. The van der Waals surface area contributed by atoms with Crippen molar-refractivity contribution in [2.45, 2.75) is 215 Å². The number of hydrogen-bond acceptors (Lipinski definition) is 13. The van der Waals surface area contributed by atoms with Crippen LogP contribution < -0.4 is 10.6 Å². The number of aliphatic hydroxyl groups is 8. The number of allylic oxidation sites excluding steroid dienone is 2. The van der Waals surface area contributed by atoms with E-state index in [0.717, 1.165) is 23.1 Å². The van der Waals surface area contributed by atoms with Gasteiger partial charge in [0.15, 0.2) is 0 Å². The van der Waals surface area contributed by atoms with Crippen molar-refractivity contribution in [2.75, 3.05) is 13.2 Å². The van der Waals surface area contributed by atoms with Gasteiger partial charge < -0.3 is 66.8 Å². The zero-order valence-corrected chi connectivity index (χ0v) is 46.9. The van der Waals surface area contributed by atoms with Crippen LogP contribution >= 0.6 is 0 Å². The van der Waals surface area contributed by atoms with E-state index in [0.29, 0.717) is 78.3 Å².